The average molecular weight is 240 g/mol. The summed E-state index contributed by atoms with van der Waals surface area (Å²) in [5, 5.41) is 0. The van der Waals surface area contributed by atoms with Crippen LogP contribution in [0.3, 0.4) is 0 Å². The predicted octanol–water partition coefficient (Wildman–Crippen LogP) is 2.02. The molecule has 0 aromatic heterocycles. The van der Waals surface area contributed by atoms with Crippen LogP contribution in [-0.2, 0) is 19.1 Å². The van der Waals surface area contributed by atoms with Gasteiger partial charge in [-0.25, -0.2) is 0 Å². The number of hydrogen-bond acceptors (Lipinski definition) is 4. The van der Waals surface area contributed by atoms with Gasteiger partial charge in [0.05, 0.1) is 13.2 Å². The molecule has 0 atom stereocenters. The van der Waals surface area contributed by atoms with Crippen LogP contribution in [0.25, 0.3) is 0 Å². The van der Waals surface area contributed by atoms with Crippen LogP contribution in [0.4, 0.5) is 0 Å². The van der Waals surface area contributed by atoms with Crippen molar-refractivity contribution in [2.45, 2.75) is 46.3 Å². The Bertz CT molecular complexity index is 348. The first kappa shape index (κ1) is 14.1. The summed E-state index contributed by atoms with van der Waals surface area (Å²) >= 11 is 0. The molecule has 0 unspecified atom stereocenters. The van der Waals surface area contributed by atoms with Crippen molar-refractivity contribution in [3.8, 4) is 0 Å². The summed E-state index contributed by atoms with van der Waals surface area (Å²) in [6.07, 6.45) is 1.10. The van der Waals surface area contributed by atoms with Gasteiger partial charge in [0.1, 0.15) is 0 Å². The van der Waals surface area contributed by atoms with Gasteiger partial charge in [-0.05, 0) is 39.7 Å². The van der Waals surface area contributed by atoms with Gasteiger partial charge >= 0.3 is 0 Å². The summed E-state index contributed by atoms with van der Waals surface area (Å²) < 4.78 is 10.9. The van der Waals surface area contributed by atoms with E-state index in [2.05, 4.69) is 0 Å². The molecular weight excluding hydrogens is 220 g/mol. The van der Waals surface area contributed by atoms with Crippen LogP contribution in [0.15, 0.2) is 11.1 Å². The van der Waals surface area contributed by atoms with E-state index >= 15 is 0 Å². The van der Waals surface area contributed by atoms with E-state index in [1.165, 1.54) is 13.8 Å². The second kappa shape index (κ2) is 5.56. The highest BCUT2D eigenvalue weighted by Crippen LogP contribution is 2.27. The van der Waals surface area contributed by atoms with Crippen molar-refractivity contribution in [3.63, 3.8) is 0 Å². The maximum absolute atomic E-state index is 11.5. The van der Waals surface area contributed by atoms with E-state index in [1.54, 1.807) is 6.92 Å². The second-order valence-corrected chi connectivity index (χ2v) is 4.55. The summed E-state index contributed by atoms with van der Waals surface area (Å²) in [4.78, 5) is 22.8. The maximum atomic E-state index is 11.5. The Labute approximate surface area is 102 Å². The van der Waals surface area contributed by atoms with Gasteiger partial charge in [-0.2, -0.15) is 0 Å². The fourth-order valence-electron chi connectivity index (χ4n) is 1.89. The number of carbonyl (C=O) groups is 2. The normalized spacial score (nSPS) is 20.0. The van der Waals surface area contributed by atoms with E-state index in [1.807, 2.05) is 6.92 Å². The third-order valence-corrected chi connectivity index (χ3v) is 3.13. The molecule has 1 heterocycles. The summed E-state index contributed by atoms with van der Waals surface area (Å²) in [6, 6.07) is 0. The van der Waals surface area contributed by atoms with Gasteiger partial charge in [-0.15, -0.1) is 0 Å². The highest BCUT2D eigenvalue weighted by molar-refractivity contribution is 6.04. The molecule has 4 nitrogen and oxygen atoms in total. The molecule has 0 bridgehead atoms. The van der Waals surface area contributed by atoms with Crippen LogP contribution in [0.1, 0.15) is 40.5 Å². The lowest BCUT2D eigenvalue weighted by atomic mass is 9.96. The van der Waals surface area contributed by atoms with Crippen molar-refractivity contribution in [2.24, 2.45) is 0 Å². The second-order valence-electron chi connectivity index (χ2n) is 4.55. The largest absolute Gasteiger partial charge is 0.348 e. The number of hydrogen-bond donors (Lipinski definition) is 0. The molecule has 0 spiro atoms. The van der Waals surface area contributed by atoms with Crippen molar-refractivity contribution >= 4 is 11.6 Å². The Morgan fingerprint density at radius 2 is 1.59 bits per heavy atom. The van der Waals surface area contributed by atoms with Gasteiger partial charge in [0.25, 0.3) is 0 Å². The summed E-state index contributed by atoms with van der Waals surface area (Å²) in [5.74, 6) is -0.731. The molecule has 1 fully saturated rings. The molecular formula is C13H20O4. The summed E-state index contributed by atoms with van der Waals surface area (Å²) in [5.41, 5.74) is 1.12. The van der Waals surface area contributed by atoms with Gasteiger partial charge < -0.3 is 9.47 Å². The zero-order valence-corrected chi connectivity index (χ0v) is 11.0. The van der Waals surface area contributed by atoms with E-state index in [0.29, 0.717) is 37.2 Å². The molecule has 0 aromatic carbocycles. The van der Waals surface area contributed by atoms with E-state index in [4.69, 9.17) is 9.47 Å². The number of ether oxygens (including phenoxy) is 2. The minimum Gasteiger partial charge on any atom is -0.348 e. The van der Waals surface area contributed by atoms with E-state index in [9.17, 15) is 9.59 Å². The number of allylic oxidation sites excluding steroid dienone is 2. The Morgan fingerprint density at radius 3 is 2.00 bits per heavy atom. The first-order valence-corrected chi connectivity index (χ1v) is 5.85. The van der Waals surface area contributed by atoms with Crippen LogP contribution in [-0.4, -0.2) is 30.6 Å². The summed E-state index contributed by atoms with van der Waals surface area (Å²) in [6.45, 7) is 7.68. The smallest absolute Gasteiger partial charge is 0.166 e. The lowest BCUT2D eigenvalue weighted by molar-refractivity contribution is -0.146. The quantitative estimate of drug-likeness (QED) is 0.690. The maximum Gasteiger partial charge on any atom is 0.166 e. The summed E-state index contributed by atoms with van der Waals surface area (Å²) in [7, 11) is 0. The minimum absolute atomic E-state index is 0.0562. The van der Waals surface area contributed by atoms with Gasteiger partial charge in [0.2, 0.25) is 0 Å². The van der Waals surface area contributed by atoms with Crippen LogP contribution in [0, 0.1) is 0 Å². The lowest BCUT2D eigenvalue weighted by Gasteiger charge is -2.22. The van der Waals surface area contributed by atoms with E-state index in [0.717, 1.165) is 0 Å². The fourth-order valence-corrected chi connectivity index (χ4v) is 1.89. The Balaban J connectivity index is 2.72. The van der Waals surface area contributed by atoms with Crippen LogP contribution >= 0.6 is 0 Å². The Kier molecular flexibility index (Phi) is 4.60. The molecule has 0 aromatic rings. The molecule has 1 rings (SSSR count). The molecule has 96 valence electrons. The van der Waals surface area contributed by atoms with Gasteiger partial charge in [-0.1, -0.05) is 0 Å². The third kappa shape index (κ3) is 3.75. The van der Waals surface area contributed by atoms with Crippen molar-refractivity contribution in [1.29, 1.82) is 0 Å². The van der Waals surface area contributed by atoms with Crippen LogP contribution < -0.4 is 0 Å². The molecule has 0 N–H and O–H groups in total. The first-order valence-electron chi connectivity index (χ1n) is 5.85. The van der Waals surface area contributed by atoms with E-state index < -0.39 is 5.79 Å². The Morgan fingerprint density at radius 1 is 1.06 bits per heavy atom. The van der Waals surface area contributed by atoms with Crippen LogP contribution in [0.5, 0.6) is 0 Å². The van der Waals surface area contributed by atoms with Gasteiger partial charge in [0.15, 0.2) is 17.4 Å². The predicted molar refractivity (Wildman–Crippen MR) is 63.6 cm³/mol. The Hall–Kier alpha value is -1.00. The molecule has 1 saturated heterocycles. The standard InChI is InChI=1S/C13H20O4/c1-9(10(2)14)12(11(3)15)5-6-13(4)16-7-8-17-13/h5-8H2,1-4H3/b12-9-. The zero-order chi connectivity index (χ0) is 13.1. The van der Waals surface area contributed by atoms with Crippen LogP contribution in [0.2, 0.25) is 0 Å². The number of ketones is 2. The molecule has 0 amide bonds. The average Bonchev–Trinajstić information content (AvgIpc) is 2.64. The van der Waals surface area contributed by atoms with Crippen molar-refractivity contribution < 1.29 is 19.1 Å². The molecule has 4 heteroatoms. The first-order chi connectivity index (χ1) is 7.86. The zero-order valence-electron chi connectivity index (χ0n) is 11.0. The van der Waals surface area contributed by atoms with Gasteiger partial charge in [0, 0.05) is 12.0 Å². The van der Waals surface area contributed by atoms with E-state index in [-0.39, 0.29) is 11.6 Å². The molecule has 0 radical (unpaired) electrons. The highest BCUT2D eigenvalue weighted by Gasteiger charge is 2.31. The third-order valence-electron chi connectivity index (χ3n) is 3.13. The van der Waals surface area contributed by atoms with Gasteiger partial charge in [-0.3, -0.25) is 9.59 Å². The molecule has 0 saturated carbocycles. The van der Waals surface area contributed by atoms with Crippen molar-refractivity contribution in [3.05, 3.63) is 11.1 Å². The molecule has 1 aliphatic heterocycles. The number of carbonyl (C=O) groups excluding carboxylic acids is 2. The highest BCUT2D eigenvalue weighted by atomic mass is 16.7. The topological polar surface area (TPSA) is 52.6 Å². The number of Topliss-reactive ketones (excluding diaryl/α,β-unsaturated/α-hetero) is 2. The monoisotopic (exact) mass is 240 g/mol. The van der Waals surface area contributed by atoms with Crippen molar-refractivity contribution in [2.75, 3.05) is 13.2 Å². The lowest BCUT2D eigenvalue weighted by Crippen LogP contribution is -2.26. The van der Waals surface area contributed by atoms with Crippen molar-refractivity contribution in [1.82, 2.24) is 0 Å². The molecule has 17 heavy (non-hydrogen) atoms. The number of rotatable bonds is 5. The molecule has 0 aliphatic carbocycles. The fraction of sp³-hybridized carbons (Fsp3) is 0.692. The molecule has 1 aliphatic rings. The SMILES string of the molecule is CC(=O)/C(C)=C(/CCC1(C)OCCO1)C(C)=O. The minimum atomic E-state index is -0.613.